The zero-order chi connectivity index (χ0) is 14.3. The summed E-state index contributed by atoms with van der Waals surface area (Å²) in [5.41, 5.74) is 0.888. The molecule has 0 radical (unpaired) electrons. The van der Waals surface area contributed by atoms with Crippen molar-refractivity contribution in [1.82, 2.24) is 0 Å². The fourth-order valence-electron chi connectivity index (χ4n) is 1.47. The number of carbonyl (C=O) groups is 2. The van der Waals surface area contributed by atoms with Crippen LogP contribution in [0.1, 0.15) is 19.4 Å². The number of esters is 2. The van der Waals surface area contributed by atoms with Crippen LogP contribution in [0, 0.1) is 5.92 Å². The summed E-state index contributed by atoms with van der Waals surface area (Å²) in [5.74, 6) is -1.24. The topological polar surface area (TPSA) is 52.6 Å². The van der Waals surface area contributed by atoms with Crippen LogP contribution in [0.3, 0.4) is 0 Å². The van der Waals surface area contributed by atoms with Gasteiger partial charge in [-0.25, -0.2) is 9.59 Å². The second-order valence-electron chi connectivity index (χ2n) is 4.37. The molecule has 0 amide bonds. The number of rotatable bonds is 5. The standard InChI is InChI=1S/C15H18O4/c1-11(2)14(15(17)18-3)19-13(16)10-9-12-7-5-4-6-8-12/h4-11,14H,1-3H3/b10-9+. The molecule has 1 atom stereocenters. The van der Waals surface area contributed by atoms with Crippen LogP contribution in [0.15, 0.2) is 36.4 Å². The molecule has 0 aliphatic carbocycles. The molecule has 4 heteroatoms. The lowest BCUT2D eigenvalue weighted by Crippen LogP contribution is -2.32. The fourth-order valence-corrected chi connectivity index (χ4v) is 1.47. The van der Waals surface area contributed by atoms with Crippen LogP contribution in [0.5, 0.6) is 0 Å². The molecule has 4 nitrogen and oxygen atoms in total. The molecule has 0 saturated heterocycles. The average Bonchev–Trinajstić information content (AvgIpc) is 2.42. The lowest BCUT2D eigenvalue weighted by atomic mass is 10.1. The van der Waals surface area contributed by atoms with Crippen LogP contribution in [-0.4, -0.2) is 25.2 Å². The molecule has 1 rings (SSSR count). The van der Waals surface area contributed by atoms with Gasteiger partial charge in [-0.05, 0) is 11.6 Å². The summed E-state index contributed by atoms with van der Waals surface area (Å²) >= 11 is 0. The van der Waals surface area contributed by atoms with Gasteiger partial charge in [0, 0.05) is 12.0 Å². The lowest BCUT2D eigenvalue weighted by molar-refractivity contribution is -0.166. The molecule has 1 unspecified atom stereocenters. The molecule has 0 bridgehead atoms. The Kier molecular flexibility index (Phi) is 5.79. The first kappa shape index (κ1) is 15.0. The van der Waals surface area contributed by atoms with Gasteiger partial charge in [0.25, 0.3) is 0 Å². The smallest absolute Gasteiger partial charge is 0.347 e. The maximum atomic E-state index is 11.6. The molecule has 1 aromatic carbocycles. The van der Waals surface area contributed by atoms with Crippen molar-refractivity contribution in [2.75, 3.05) is 7.11 Å². The van der Waals surface area contributed by atoms with E-state index in [0.29, 0.717) is 0 Å². The summed E-state index contributed by atoms with van der Waals surface area (Å²) in [5, 5.41) is 0. The average molecular weight is 262 g/mol. The molecule has 0 aromatic heterocycles. The van der Waals surface area contributed by atoms with Crippen molar-refractivity contribution in [3.8, 4) is 0 Å². The lowest BCUT2D eigenvalue weighted by Gasteiger charge is -2.17. The van der Waals surface area contributed by atoms with Gasteiger partial charge in [0.05, 0.1) is 7.11 Å². The van der Waals surface area contributed by atoms with Gasteiger partial charge < -0.3 is 9.47 Å². The first-order valence-electron chi connectivity index (χ1n) is 6.06. The maximum absolute atomic E-state index is 11.6. The normalized spacial score (nSPS) is 12.4. The Hall–Kier alpha value is -2.10. The van der Waals surface area contributed by atoms with Gasteiger partial charge in [-0.1, -0.05) is 44.2 Å². The minimum absolute atomic E-state index is 0.137. The largest absolute Gasteiger partial charge is 0.466 e. The Morgan fingerprint density at radius 3 is 2.32 bits per heavy atom. The van der Waals surface area contributed by atoms with Crippen molar-refractivity contribution in [3.05, 3.63) is 42.0 Å². The zero-order valence-corrected chi connectivity index (χ0v) is 11.3. The van der Waals surface area contributed by atoms with E-state index in [1.807, 2.05) is 30.3 Å². The van der Waals surface area contributed by atoms with Gasteiger partial charge in [0.1, 0.15) is 0 Å². The molecule has 19 heavy (non-hydrogen) atoms. The minimum atomic E-state index is -0.877. The molecule has 0 aliphatic rings. The van der Waals surface area contributed by atoms with E-state index in [2.05, 4.69) is 4.74 Å². The summed E-state index contributed by atoms with van der Waals surface area (Å²) < 4.78 is 9.68. The Bertz CT molecular complexity index is 448. The number of benzene rings is 1. The number of carbonyl (C=O) groups excluding carboxylic acids is 2. The second-order valence-corrected chi connectivity index (χ2v) is 4.37. The SMILES string of the molecule is COC(=O)C(OC(=O)/C=C/c1ccccc1)C(C)C. The Balaban J connectivity index is 2.63. The summed E-state index contributed by atoms with van der Waals surface area (Å²) in [4.78, 5) is 23.1. The van der Waals surface area contributed by atoms with Crippen molar-refractivity contribution >= 4 is 18.0 Å². The van der Waals surface area contributed by atoms with E-state index in [1.165, 1.54) is 13.2 Å². The van der Waals surface area contributed by atoms with Gasteiger partial charge in [0.15, 0.2) is 0 Å². The predicted molar refractivity (Wildman–Crippen MR) is 72.2 cm³/mol. The molecule has 0 heterocycles. The van der Waals surface area contributed by atoms with E-state index in [-0.39, 0.29) is 5.92 Å². The summed E-state index contributed by atoms with van der Waals surface area (Å²) in [6.45, 7) is 3.57. The monoisotopic (exact) mass is 262 g/mol. The van der Waals surface area contributed by atoms with Crippen LogP contribution in [-0.2, 0) is 19.1 Å². The van der Waals surface area contributed by atoms with Gasteiger partial charge in [-0.3, -0.25) is 0 Å². The molecule has 0 N–H and O–H groups in total. The third kappa shape index (κ3) is 4.95. The van der Waals surface area contributed by atoms with Crippen molar-refractivity contribution < 1.29 is 19.1 Å². The van der Waals surface area contributed by atoms with Gasteiger partial charge >= 0.3 is 11.9 Å². The summed E-state index contributed by atoms with van der Waals surface area (Å²) in [7, 11) is 1.27. The molecule has 0 fully saturated rings. The van der Waals surface area contributed by atoms with E-state index in [9.17, 15) is 9.59 Å². The van der Waals surface area contributed by atoms with Crippen LogP contribution in [0.2, 0.25) is 0 Å². The Labute approximate surface area is 113 Å². The summed E-state index contributed by atoms with van der Waals surface area (Å²) in [6, 6.07) is 9.36. The number of ether oxygens (including phenoxy) is 2. The zero-order valence-electron chi connectivity index (χ0n) is 11.3. The van der Waals surface area contributed by atoms with Crippen molar-refractivity contribution in [3.63, 3.8) is 0 Å². The van der Waals surface area contributed by atoms with E-state index < -0.39 is 18.0 Å². The predicted octanol–water partition coefficient (Wildman–Crippen LogP) is 2.44. The molecule has 1 aromatic rings. The van der Waals surface area contributed by atoms with Crippen LogP contribution >= 0.6 is 0 Å². The van der Waals surface area contributed by atoms with Crippen molar-refractivity contribution in [2.24, 2.45) is 5.92 Å². The highest BCUT2D eigenvalue weighted by Crippen LogP contribution is 2.10. The third-order valence-corrected chi connectivity index (χ3v) is 2.49. The highest BCUT2D eigenvalue weighted by Gasteiger charge is 2.26. The molecule has 102 valence electrons. The van der Waals surface area contributed by atoms with Crippen molar-refractivity contribution in [2.45, 2.75) is 20.0 Å². The van der Waals surface area contributed by atoms with Crippen LogP contribution < -0.4 is 0 Å². The molecule has 0 aliphatic heterocycles. The Morgan fingerprint density at radius 2 is 1.79 bits per heavy atom. The van der Waals surface area contributed by atoms with E-state index in [4.69, 9.17) is 4.74 Å². The fraction of sp³-hybridized carbons (Fsp3) is 0.333. The highest BCUT2D eigenvalue weighted by molar-refractivity contribution is 5.89. The highest BCUT2D eigenvalue weighted by atomic mass is 16.6. The number of methoxy groups -OCH3 is 1. The van der Waals surface area contributed by atoms with E-state index in [1.54, 1.807) is 19.9 Å². The van der Waals surface area contributed by atoms with E-state index >= 15 is 0 Å². The summed E-state index contributed by atoms with van der Waals surface area (Å²) in [6.07, 6.45) is 2.06. The molecular formula is C15H18O4. The molecule has 0 saturated carbocycles. The van der Waals surface area contributed by atoms with Crippen LogP contribution in [0.25, 0.3) is 6.08 Å². The number of hydrogen-bond donors (Lipinski definition) is 0. The van der Waals surface area contributed by atoms with Crippen LogP contribution in [0.4, 0.5) is 0 Å². The van der Waals surface area contributed by atoms with Crippen molar-refractivity contribution in [1.29, 1.82) is 0 Å². The Morgan fingerprint density at radius 1 is 1.16 bits per heavy atom. The quantitative estimate of drug-likeness (QED) is 0.604. The third-order valence-electron chi connectivity index (χ3n) is 2.49. The molecular weight excluding hydrogens is 244 g/mol. The second kappa shape index (κ2) is 7.36. The van der Waals surface area contributed by atoms with E-state index in [0.717, 1.165) is 5.56 Å². The molecule has 0 spiro atoms. The maximum Gasteiger partial charge on any atom is 0.347 e. The van der Waals surface area contributed by atoms with Gasteiger partial charge in [-0.2, -0.15) is 0 Å². The first-order valence-corrected chi connectivity index (χ1v) is 6.06. The van der Waals surface area contributed by atoms with Gasteiger partial charge in [0.2, 0.25) is 6.10 Å². The number of hydrogen-bond acceptors (Lipinski definition) is 4. The first-order chi connectivity index (χ1) is 9.04. The minimum Gasteiger partial charge on any atom is -0.466 e. The van der Waals surface area contributed by atoms with Gasteiger partial charge in [-0.15, -0.1) is 0 Å².